The summed E-state index contributed by atoms with van der Waals surface area (Å²) >= 11 is 0. The summed E-state index contributed by atoms with van der Waals surface area (Å²) in [6.07, 6.45) is 0.181. The second-order valence-corrected chi connectivity index (χ2v) is 25.8. The topological polar surface area (TPSA) is 524 Å². The Balaban J connectivity index is 0.000000224. The molecule has 12 aromatic rings. The highest BCUT2D eigenvalue weighted by molar-refractivity contribution is 6.11. The molecule has 36 heteroatoms. The van der Waals surface area contributed by atoms with Gasteiger partial charge in [0.05, 0.1) is 68.0 Å². The van der Waals surface area contributed by atoms with Crippen molar-refractivity contribution >= 4 is 68.6 Å². The fourth-order valence-corrected chi connectivity index (χ4v) is 10.1. The Morgan fingerprint density at radius 2 is 0.533 bits per heavy atom. The minimum atomic E-state index is -0.920. The number of aryl methyl sites for hydroxylation is 1. The van der Waals surface area contributed by atoms with Crippen molar-refractivity contribution in [2.24, 2.45) is 11.8 Å². The molecule has 0 saturated heterocycles. The van der Waals surface area contributed by atoms with Gasteiger partial charge in [-0.1, -0.05) is 64.1 Å². The van der Waals surface area contributed by atoms with Gasteiger partial charge in [-0.25, -0.2) is 0 Å². The number of carbonyl (C=O) groups excluding carboxylic acids is 1. The van der Waals surface area contributed by atoms with Crippen molar-refractivity contribution in [1.82, 2.24) is 0 Å². The number of phenols is 1. The molecule has 0 unspecified atom stereocenters. The maximum Gasteiger partial charge on any atom is 0.303 e. The molecule has 0 amide bonds. The Morgan fingerprint density at radius 3 is 0.742 bits per heavy atom. The fraction of sp³-hybridized carbons (Fsp3) is 0.119. The molecule has 0 aliphatic carbocycles. The van der Waals surface area contributed by atoms with Gasteiger partial charge in [-0.2, -0.15) is 0 Å². The Bertz CT molecular complexity index is 4830. The summed E-state index contributed by atoms with van der Waals surface area (Å²) in [4.78, 5) is 123. The average Bonchev–Trinajstić information content (AvgIpc) is 0.815. The molecular formula is C84H72N10O26. The predicted octanol–water partition coefficient (Wildman–Crippen LogP) is 20.6. The highest BCUT2D eigenvalue weighted by atomic mass is 16.7. The van der Waals surface area contributed by atoms with Gasteiger partial charge in [-0.3, -0.25) is 111 Å². The lowest BCUT2D eigenvalue weighted by Gasteiger charge is -2.15. The number of ether oxygens (including phenoxy) is 2. The molecule has 0 atom stereocenters. The molecule has 36 nitrogen and oxygen atoms in total. The third kappa shape index (κ3) is 29.9. The predicted molar refractivity (Wildman–Crippen MR) is 442 cm³/mol. The molecule has 0 radical (unpaired) electrons. The van der Waals surface area contributed by atoms with E-state index in [0.717, 1.165) is 44.5 Å². The van der Waals surface area contributed by atoms with E-state index in [2.05, 4.69) is 0 Å². The summed E-state index contributed by atoms with van der Waals surface area (Å²) in [5.74, 6) is 0.293. The molecule has 0 aliphatic rings. The van der Waals surface area contributed by atoms with Crippen molar-refractivity contribution in [2.75, 3.05) is 13.2 Å². The van der Waals surface area contributed by atoms with E-state index in [9.17, 15) is 116 Å². The highest BCUT2D eigenvalue weighted by Crippen LogP contribution is 2.32. The van der Waals surface area contributed by atoms with Gasteiger partial charge in [-0.15, -0.1) is 0 Å². The van der Waals surface area contributed by atoms with Crippen molar-refractivity contribution in [3.63, 3.8) is 0 Å². The molecule has 0 spiro atoms. The molecule has 0 saturated carbocycles. The number of aromatic hydroxyl groups is 1. The molecule has 0 aliphatic heterocycles. The van der Waals surface area contributed by atoms with E-state index in [1.54, 1.807) is 158 Å². The molecule has 2 N–H and O–H groups in total. The van der Waals surface area contributed by atoms with Crippen LogP contribution in [-0.2, 0) is 11.2 Å². The zero-order valence-electron chi connectivity index (χ0n) is 63.9. The first-order valence-electron chi connectivity index (χ1n) is 35.4. The number of phenolic OH excluding ortho intramolecular Hbond substituents is 1. The molecular weight excluding hydrogens is 1560 g/mol. The Hall–Kier alpha value is -16.8. The number of para-hydroxylation sites is 2. The molecule has 12 aromatic carbocycles. The average molecular weight is 1640 g/mol. The summed E-state index contributed by atoms with van der Waals surface area (Å²) in [5.41, 5.74) is 7.75. The van der Waals surface area contributed by atoms with Crippen molar-refractivity contribution in [2.45, 2.75) is 40.5 Å². The van der Waals surface area contributed by atoms with E-state index in [4.69, 9.17) is 14.6 Å². The van der Waals surface area contributed by atoms with Crippen LogP contribution in [0.25, 0.3) is 44.5 Å². The number of non-ortho nitro benzene ring substituents is 10. The fourth-order valence-electron chi connectivity index (χ4n) is 10.1. The molecule has 0 heterocycles. The van der Waals surface area contributed by atoms with Crippen molar-refractivity contribution in [1.29, 1.82) is 0 Å². The van der Waals surface area contributed by atoms with Crippen LogP contribution in [-0.4, -0.2) is 84.4 Å². The number of carboxylic acids is 1. The van der Waals surface area contributed by atoms with E-state index in [0.29, 0.717) is 47.7 Å². The maximum absolute atomic E-state index is 13.0. The monoisotopic (exact) mass is 1640 g/mol. The SMILES string of the molecule is CC(C)COc1ccc(C(=O)c2ccc(OCC(C)C)c(CCC(=O)O)c2)c(O)c1.O=[N+]([O-])c1ccc(-c2ccc([N+](=O)[O-])cc2)cc1.O=[N+]([O-])c1ccc(-c2ccc([N+](=O)[O-])cc2)cc1.O=[N+]([O-])c1ccc(-c2ccc([N+](=O)[O-])cc2)cc1.O=[N+]([O-])c1ccc(-c2ccc([N+](=O)[O-])cc2)cc1.O=[N+]([O-])c1ccccc1.O=[N+]([O-])c1ccccc1. The van der Waals surface area contributed by atoms with E-state index in [1.165, 1.54) is 133 Å². The lowest BCUT2D eigenvalue weighted by molar-refractivity contribution is -0.385. The van der Waals surface area contributed by atoms with E-state index in [-0.39, 0.29) is 86.8 Å². The van der Waals surface area contributed by atoms with E-state index in [1.807, 2.05) is 27.7 Å². The Kier molecular flexibility index (Phi) is 35.1. The number of ketones is 1. The number of hydrogen-bond acceptors (Lipinski definition) is 25. The summed E-state index contributed by atoms with van der Waals surface area (Å²) < 4.78 is 11.4. The van der Waals surface area contributed by atoms with Gasteiger partial charge in [0.15, 0.2) is 5.78 Å². The van der Waals surface area contributed by atoms with Gasteiger partial charge < -0.3 is 19.7 Å². The minimum absolute atomic E-state index is 0.0145. The van der Waals surface area contributed by atoms with Crippen LogP contribution in [0.3, 0.4) is 0 Å². The first-order valence-corrected chi connectivity index (χ1v) is 35.4. The lowest BCUT2D eigenvalue weighted by Crippen LogP contribution is -2.09. The number of nitro groups is 10. The second kappa shape index (κ2) is 45.8. The minimum Gasteiger partial charge on any atom is -0.507 e. The summed E-state index contributed by atoms with van der Waals surface area (Å²) in [6, 6.07) is 73.6. The second-order valence-electron chi connectivity index (χ2n) is 25.8. The van der Waals surface area contributed by atoms with Gasteiger partial charge in [0, 0.05) is 139 Å². The standard InChI is InChI=1S/C24H30O6.4C12H8N2O4.2C6H5NO2/c1-15(2)13-29-19-7-8-20(21(25)12-19)24(28)18-5-9-22(30-14-16(3)4)17(11-18)6-10-23(26)27;4*15-13(16)11-5-1-9(2-6-11)10-3-7-12(8-4-10)14(17)18;2*8-7(9)6-4-2-1-3-5-6/h5,7-9,11-12,15-16,25H,6,10,13-14H2,1-4H3,(H,26,27);4*1-8H;2*1-5H. The van der Waals surface area contributed by atoms with E-state index < -0.39 is 55.2 Å². The third-order valence-electron chi connectivity index (χ3n) is 16.2. The van der Waals surface area contributed by atoms with Gasteiger partial charge in [0.25, 0.3) is 56.9 Å². The first kappa shape index (κ1) is 92.1. The van der Waals surface area contributed by atoms with E-state index >= 15 is 0 Å². The van der Waals surface area contributed by atoms with Crippen LogP contribution in [0.2, 0.25) is 0 Å². The van der Waals surface area contributed by atoms with Crippen LogP contribution in [0.5, 0.6) is 17.2 Å². The van der Waals surface area contributed by atoms with Crippen LogP contribution in [0.1, 0.15) is 55.6 Å². The number of nitro benzene ring substituents is 10. The number of carbonyl (C=O) groups is 2. The summed E-state index contributed by atoms with van der Waals surface area (Å²) in [7, 11) is 0. The van der Waals surface area contributed by atoms with Crippen LogP contribution in [0, 0.1) is 113 Å². The molecule has 0 bridgehead atoms. The number of rotatable bonds is 25. The Labute approximate surface area is 680 Å². The molecule has 614 valence electrons. The van der Waals surface area contributed by atoms with Gasteiger partial charge in [0.1, 0.15) is 17.2 Å². The number of benzene rings is 12. The smallest absolute Gasteiger partial charge is 0.303 e. The zero-order valence-corrected chi connectivity index (χ0v) is 63.9. The van der Waals surface area contributed by atoms with Crippen molar-refractivity contribution in [3.8, 4) is 61.8 Å². The number of nitrogens with zero attached hydrogens (tertiary/aromatic N) is 10. The summed E-state index contributed by atoms with van der Waals surface area (Å²) in [6.45, 7) is 9.09. The van der Waals surface area contributed by atoms with Crippen LogP contribution in [0.4, 0.5) is 56.9 Å². The first-order chi connectivity index (χ1) is 57.1. The van der Waals surface area contributed by atoms with Gasteiger partial charge >= 0.3 is 5.97 Å². The number of hydrogen-bond donors (Lipinski definition) is 2. The number of carboxylic acid groups (broad SMARTS) is 1. The Morgan fingerprint density at radius 1 is 0.300 bits per heavy atom. The van der Waals surface area contributed by atoms with Gasteiger partial charge in [-0.05, 0) is 196 Å². The lowest BCUT2D eigenvalue weighted by atomic mass is 9.98. The van der Waals surface area contributed by atoms with Crippen LogP contribution in [0.15, 0.2) is 291 Å². The molecule has 0 aromatic heterocycles. The van der Waals surface area contributed by atoms with Crippen molar-refractivity contribution < 1.29 is 78.5 Å². The third-order valence-corrected chi connectivity index (χ3v) is 16.2. The van der Waals surface area contributed by atoms with Crippen molar-refractivity contribution in [3.05, 3.63) is 409 Å². The number of aliphatic carboxylic acids is 1. The largest absolute Gasteiger partial charge is 0.507 e. The normalized spacial score (nSPS) is 10.1. The zero-order chi connectivity index (χ0) is 88.1. The molecule has 12 rings (SSSR count). The van der Waals surface area contributed by atoms with Gasteiger partial charge in [0.2, 0.25) is 0 Å². The van der Waals surface area contributed by atoms with Crippen LogP contribution < -0.4 is 9.47 Å². The highest BCUT2D eigenvalue weighted by Gasteiger charge is 2.20. The molecule has 0 fully saturated rings. The molecule has 120 heavy (non-hydrogen) atoms. The quantitative estimate of drug-likeness (QED) is 0.0305. The van der Waals surface area contributed by atoms with Crippen LogP contribution >= 0.6 is 0 Å². The maximum atomic E-state index is 13.0. The summed E-state index contributed by atoms with van der Waals surface area (Å²) in [5, 5.41) is 123.